The van der Waals surface area contributed by atoms with Gasteiger partial charge in [-0.25, -0.2) is 8.78 Å². The zero-order valence-corrected chi connectivity index (χ0v) is 13.9. The van der Waals surface area contributed by atoms with Gasteiger partial charge in [0.25, 0.3) is 0 Å². The van der Waals surface area contributed by atoms with Crippen molar-refractivity contribution in [1.29, 1.82) is 0 Å². The Balaban J connectivity index is 2.58. The van der Waals surface area contributed by atoms with Gasteiger partial charge in [-0.05, 0) is 49.2 Å². The molecule has 1 N–H and O–H groups in total. The lowest BCUT2D eigenvalue weighted by Crippen LogP contribution is -2.24. The van der Waals surface area contributed by atoms with E-state index in [0.717, 1.165) is 15.6 Å². The van der Waals surface area contributed by atoms with Gasteiger partial charge in [0.2, 0.25) is 0 Å². The minimum Gasteiger partial charge on any atom is -0.306 e. The Bertz CT molecular complexity index is 655. The van der Waals surface area contributed by atoms with Crippen LogP contribution in [0.25, 0.3) is 0 Å². The molecule has 0 radical (unpaired) electrons. The quantitative estimate of drug-likeness (QED) is 0.811. The molecule has 0 aliphatic heterocycles. The average Bonchev–Trinajstić information content (AvgIpc) is 2.45. The number of rotatable bonds is 4. The smallest absolute Gasteiger partial charge is 0.134 e. The molecule has 0 spiro atoms. The molecule has 0 saturated carbocycles. The fourth-order valence-electron chi connectivity index (χ4n) is 2.32. The Morgan fingerprint density at radius 1 is 1.10 bits per heavy atom. The molecule has 2 aromatic carbocycles. The first-order chi connectivity index (χ1) is 9.95. The topological polar surface area (TPSA) is 12.0 Å². The first-order valence-electron chi connectivity index (χ1n) is 6.89. The summed E-state index contributed by atoms with van der Waals surface area (Å²) in [6.07, 6.45) is 0. The van der Waals surface area contributed by atoms with Crippen LogP contribution in [0.3, 0.4) is 0 Å². The number of nitrogens with one attached hydrogen (secondary N) is 1. The molecule has 2 aromatic rings. The highest BCUT2D eigenvalue weighted by atomic mass is 79.9. The van der Waals surface area contributed by atoms with Crippen LogP contribution in [-0.2, 0) is 0 Å². The molecule has 0 saturated heterocycles. The molecule has 4 heteroatoms. The van der Waals surface area contributed by atoms with Crippen LogP contribution in [-0.4, -0.2) is 6.54 Å². The van der Waals surface area contributed by atoms with Crippen LogP contribution in [0.4, 0.5) is 8.78 Å². The zero-order chi connectivity index (χ0) is 15.6. The van der Waals surface area contributed by atoms with E-state index in [1.54, 1.807) is 6.92 Å². The van der Waals surface area contributed by atoms with E-state index in [-0.39, 0.29) is 5.56 Å². The molecule has 2 rings (SSSR count). The van der Waals surface area contributed by atoms with Crippen LogP contribution in [0.2, 0.25) is 0 Å². The predicted octanol–water partition coefficient (Wildman–Crippen LogP) is 5.04. The first kappa shape index (κ1) is 16.1. The van der Waals surface area contributed by atoms with Crippen LogP contribution in [0.5, 0.6) is 0 Å². The summed E-state index contributed by atoms with van der Waals surface area (Å²) in [5.74, 6) is -1.02. The SMILES string of the molecule is CCNC(c1ccc(C)c(Br)c1)c1c(F)ccc(C)c1F. The van der Waals surface area contributed by atoms with Crippen LogP contribution in [0, 0.1) is 25.5 Å². The van der Waals surface area contributed by atoms with E-state index in [1.165, 1.54) is 12.1 Å². The predicted molar refractivity (Wildman–Crippen MR) is 85.5 cm³/mol. The molecule has 0 fully saturated rings. The lowest BCUT2D eigenvalue weighted by atomic mass is 9.95. The van der Waals surface area contributed by atoms with Gasteiger partial charge in [0.05, 0.1) is 6.04 Å². The Kier molecular flexibility index (Phi) is 5.12. The van der Waals surface area contributed by atoms with E-state index in [2.05, 4.69) is 21.2 Å². The van der Waals surface area contributed by atoms with E-state index < -0.39 is 17.7 Å². The molecule has 0 heterocycles. The Labute approximate surface area is 132 Å². The van der Waals surface area contributed by atoms with E-state index in [0.29, 0.717) is 12.1 Å². The number of benzene rings is 2. The van der Waals surface area contributed by atoms with Crippen LogP contribution >= 0.6 is 15.9 Å². The number of hydrogen-bond donors (Lipinski definition) is 1. The third-order valence-corrected chi connectivity index (χ3v) is 4.40. The summed E-state index contributed by atoms with van der Waals surface area (Å²) < 4.78 is 29.5. The second kappa shape index (κ2) is 6.67. The van der Waals surface area contributed by atoms with Crippen molar-refractivity contribution in [2.45, 2.75) is 26.8 Å². The molecule has 1 nitrogen and oxygen atoms in total. The van der Waals surface area contributed by atoms with E-state index in [9.17, 15) is 8.78 Å². The molecule has 0 aliphatic carbocycles. The summed E-state index contributed by atoms with van der Waals surface area (Å²) >= 11 is 3.47. The van der Waals surface area contributed by atoms with Gasteiger partial charge in [0.15, 0.2) is 0 Å². The minimum atomic E-state index is -0.527. The maximum absolute atomic E-state index is 14.4. The maximum Gasteiger partial charge on any atom is 0.134 e. The number of halogens is 3. The third-order valence-electron chi connectivity index (χ3n) is 3.55. The van der Waals surface area contributed by atoms with Gasteiger partial charge < -0.3 is 5.32 Å². The van der Waals surface area contributed by atoms with Gasteiger partial charge in [0.1, 0.15) is 11.6 Å². The molecular formula is C17H18BrF2N. The number of aryl methyl sites for hydroxylation is 2. The van der Waals surface area contributed by atoms with Crippen molar-refractivity contribution in [2.75, 3.05) is 6.54 Å². The highest BCUT2D eigenvalue weighted by Crippen LogP contribution is 2.30. The van der Waals surface area contributed by atoms with Crippen LogP contribution in [0.15, 0.2) is 34.8 Å². The van der Waals surface area contributed by atoms with Gasteiger partial charge in [-0.1, -0.05) is 41.1 Å². The van der Waals surface area contributed by atoms with Crippen molar-refractivity contribution >= 4 is 15.9 Å². The van der Waals surface area contributed by atoms with E-state index in [4.69, 9.17) is 0 Å². The van der Waals surface area contributed by atoms with E-state index >= 15 is 0 Å². The molecule has 1 atom stereocenters. The Morgan fingerprint density at radius 2 is 1.76 bits per heavy atom. The Hall–Kier alpha value is -1.26. The summed E-state index contributed by atoms with van der Waals surface area (Å²) in [5, 5.41) is 3.17. The molecule has 1 unspecified atom stereocenters. The molecule has 0 bridgehead atoms. The largest absolute Gasteiger partial charge is 0.306 e. The molecule has 0 amide bonds. The molecule has 21 heavy (non-hydrogen) atoms. The van der Waals surface area contributed by atoms with Crippen molar-refractivity contribution < 1.29 is 8.78 Å². The number of hydrogen-bond acceptors (Lipinski definition) is 1. The van der Waals surface area contributed by atoms with Gasteiger partial charge >= 0.3 is 0 Å². The highest BCUT2D eigenvalue weighted by Gasteiger charge is 2.22. The summed E-state index contributed by atoms with van der Waals surface area (Å²) in [6, 6.07) is 8.02. The lowest BCUT2D eigenvalue weighted by Gasteiger charge is -2.21. The maximum atomic E-state index is 14.4. The first-order valence-corrected chi connectivity index (χ1v) is 7.69. The van der Waals surface area contributed by atoms with Gasteiger partial charge in [-0.2, -0.15) is 0 Å². The second-order valence-electron chi connectivity index (χ2n) is 5.09. The van der Waals surface area contributed by atoms with Gasteiger partial charge in [-0.3, -0.25) is 0 Å². The zero-order valence-electron chi connectivity index (χ0n) is 12.3. The lowest BCUT2D eigenvalue weighted by molar-refractivity contribution is 0.506. The highest BCUT2D eigenvalue weighted by molar-refractivity contribution is 9.10. The molecule has 0 aromatic heterocycles. The standard InChI is InChI=1S/C17H18BrF2N/c1-4-21-17(12-7-5-10(2)13(18)9-12)15-14(19)8-6-11(3)16(15)20/h5-9,17,21H,4H2,1-3H3. The minimum absolute atomic E-state index is 0.0765. The normalized spacial score (nSPS) is 12.5. The monoisotopic (exact) mass is 353 g/mol. The summed E-state index contributed by atoms with van der Waals surface area (Å²) in [6.45, 7) is 6.15. The summed E-state index contributed by atoms with van der Waals surface area (Å²) in [7, 11) is 0. The van der Waals surface area contributed by atoms with Gasteiger partial charge in [0, 0.05) is 10.0 Å². The van der Waals surface area contributed by atoms with Crippen LogP contribution in [0.1, 0.15) is 35.2 Å². The fourth-order valence-corrected chi connectivity index (χ4v) is 2.72. The van der Waals surface area contributed by atoms with Crippen molar-refractivity contribution in [3.63, 3.8) is 0 Å². The Morgan fingerprint density at radius 3 is 2.38 bits per heavy atom. The van der Waals surface area contributed by atoms with E-state index in [1.807, 2.05) is 32.0 Å². The van der Waals surface area contributed by atoms with Crippen molar-refractivity contribution in [3.8, 4) is 0 Å². The second-order valence-corrected chi connectivity index (χ2v) is 5.95. The van der Waals surface area contributed by atoms with Crippen molar-refractivity contribution in [2.24, 2.45) is 0 Å². The summed E-state index contributed by atoms with van der Waals surface area (Å²) in [4.78, 5) is 0. The molecular weight excluding hydrogens is 336 g/mol. The van der Waals surface area contributed by atoms with Crippen molar-refractivity contribution in [1.82, 2.24) is 5.32 Å². The average molecular weight is 354 g/mol. The fraction of sp³-hybridized carbons (Fsp3) is 0.294. The summed E-state index contributed by atoms with van der Waals surface area (Å²) in [5.41, 5.74) is 2.44. The molecule has 112 valence electrons. The van der Waals surface area contributed by atoms with Crippen molar-refractivity contribution in [3.05, 3.63) is 68.7 Å². The van der Waals surface area contributed by atoms with Gasteiger partial charge in [-0.15, -0.1) is 0 Å². The van der Waals surface area contributed by atoms with Crippen LogP contribution < -0.4 is 5.32 Å². The third kappa shape index (κ3) is 3.33. The molecule has 0 aliphatic rings.